The third-order valence-corrected chi connectivity index (χ3v) is 3.73. The van der Waals surface area contributed by atoms with Crippen molar-refractivity contribution in [3.8, 4) is 5.75 Å². The summed E-state index contributed by atoms with van der Waals surface area (Å²) in [6, 6.07) is 4.82. The molecule has 0 radical (unpaired) electrons. The van der Waals surface area contributed by atoms with E-state index in [1.165, 1.54) is 14.2 Å². The second-order valence-electron chi connectivity index (χ2n) is 4.02. The van der Waals surface area contributed by atoms with Crippen molar-refractivity contribution in [3.63, 3.8) is 0 Å². The van der Waals surface area contributed by atoms with Crippen molar-refractivity contribution < 1.29 is 17.9 Å². The van der Waals surface area contributed by atoms with Gasteiger partial charge in [0.1, 0.15) is 5.75 Å². The lowest BCUT2D eigenvalue weighted by Gasteiger charge is -2.15. The first kappa shape index (κ1) is 18.5. The average Bonchev–Trinajstić information content (AvgIpc) is 2.30. The molecule has 9 heteroatoms. The number of nitrogens with two attached hydrogens (primary N) is 1. The van der Waals surface area contributed by atoms with Crippen LogP contribution in [0.4, 0.5) is 11.4 Å². The van der Waals surface area contributed by atoms with E-state index in [0.29, 0.717) is 17.1 Å². The molecule has 0 spiro atoms. The largest absolute Gasteiger partial charge is 0.497 e. The first-order chi connectivity index (χ1) is 8.74. The van der Waals surface area contributed by atoms with Crippen LogP contribution in [0.2, 0.25) is 0 Å². The van der Waals surface area contributed by atoms with E-state index < -0.39 is 15.9 Å². The molecule has 0 saturated heterocycles. The van der Waals surface area contributed by atoms with Gasteiger partial charge in [-0.05, 0) is 12.1 Å². The molecule has 1 aromatic carbocycles. The fourth-order valence-electron chi connectivity index (χ4n) is 1.28. The summed E-state index contributed by atoms with van der Waals surface area (Å²) in [4.78, 5) is 11.7. The molecule has 0 heterocycles. The molecule has 0 aromatic heterocycles. The molecule has 0 aliphatic carbocycles. The number of carbonyl (C=O) groups excluding carboxylic acids is 1. The van der Waals surface area contributed by atoms with Crippen LogP contribution in [0.1, 0.15) is 0 Å². The Bertz CT molecular complexity index is 577. The van der Waals surface area contributed by atoms with Crippen LogP contribution in [0, 0.1) is 0 Å². The van der Waals surface area contributed by atoms with Crippen LogP contribution in [0.5, 0.6) is 5.75 Å². The van der Waals surface area contributed by atoms with E-state index >= 15 is 0 Å². The number of hydrogen-bond acceptors (Lipinski definition) is 5. The Kier molecular flexibility index (Phi) is 6.77. The number of amides is 1. The van der Waals surface area contributed by atoms with Gasteiger partial charge in [-0.3, -0.25) is 4.79 Å². The van der Waals surface area contributed by atoms with Crippen LogP contribution in [0.25, 0.3) is 0 Å². The predicted octanol–water partition coefficient (Wildman–Crippen LogP) is 0.529. The van der Waals surface area contributed by atoms with Crippen molar-refractivity contribution in [1.29, 1.82) is 0 Å². The van der Waals surface area contributed by atoms with Crippen molar-refractivity contribution in [2.24, 2.45) is 0 Å². The smallest absolute Gasteiger partial charge is 0.239 e. The number of benzene rings is 1. The standard InChI is InChI=1S/C11H17N3O4S.ClH/c1-14(19(3,16)17)7-11(15)13-10-6-8(18-2)4-5-9(10)12;/h4-6H,7,12H2,1-3H3,(H,13,15);1H. The van der Waals surface area contributed by atoms with Gasteiger partial charge in [0.15, 0.2) is 0 Å². The second kappa shape index (κ2) is 7.32. The molecule has 3 N–H and O–H groups in total. The Morgan fingerprint density at radius 2 is 2.05 bits per heavy atom. The average molecular weight is 324 g/mol. The number of likely N-dealkylation sites (N-methyl/N-ethyl adjacent to an activating group) is 1. The molecule has 1 amide bonds. The molecule has 1 aromatic rings. The van der Waals surface area contributed by atoms with Gasteiger partial charge in [0.2, 0.25) is 15.9 Å². The highest BCUT2D eigenvalue weighted by Gasteiger charge is 2.15. The summed E-state index contributed by atoms with van der Waals surface area (Å²) in [7, 11) is -0.579. The summed E-state index contributed by atoms with van der Waals surface area (Å²) < 4.78 is 28.3. The highest BCUT2D eigenvalue weighted by molar-refractivity contribution is 7.88. The number of nitrogen functional groups attached to an aromatic ring is 1. The molecule has 0 aliphatic heterocycles. The number of carbonyl (C=O) groups is 1. The number of nitrogens with one attached hydrogen (secondary N) is 1. The minimum atomic E-state index is -3.40. The van der Waals surface area contributed by atoms with Gasteiger partial charge in [-0.15, -0.1) is 12.4 Å². The monoisotopic (exact) mass is 323 g/mol. The van der Waals surface area contributed by atoms with Crippen LogP contribution >= 0.6 is 12.4 Å². The van der Waals surface area contributed by atoms with Gasteiger partial charge in [0.05, 0.1) is 31.3 Å². The van der Waals surface area contributed by atoms with Gasteiger partial charge >= 0.3 is 0 Å². The molecule has 1 rings (SSSR count). The van der Waals surface area contributed by atoms with E-state index in [4.69, 9.17) is 10.5 Å². The molecule has 0 saturated carbocycles. The van der Waals surface area contributed by atoms with Gasteiger partial charge in [-0.1, -0.05) is 0 Å². The minimum Gasteiger partial charge on any atom is -0.497 e. The number of sulfonamides is 1. The van der Waals surface area contributed by atoms with Crippen LogP contribution in [0.3, 0.4) is 0 Å². The molecule has 0 aliphatic rings. The molecule has 0 bridgehead atoms. The fraction of sp³-hybridized carbons (Fsp3) is 0.364. The first-order valence-electron chi connectivity index (χ1n) is 5.38. The van der Waals surface area contributed by atoms with Crippen molar-refractivity contribution in [2.75, 3.05) is 38.0 Å². The first-order valence-corrected chi connectivity index (χ1v) is 7.23. The number of hydrogen-bond donors (Lipinski definition) is 2. The Balaban J connectivity index is 0.00000361. The number of rotatable bonds is 5. The summed E-state index contributed by atoms with van der Waals surface area (Å²) >= 11 is 0. The minimum absolute atomic E-state index is 0. The van der Waals surface area contributed by atoms with E-state index in [1.807, 2.05) is 0 Å². The van der Waals surface area contributed by atoms with Crippen LogP contribution < -0.4 is 15.8 Å². The maximum absolute atomic E-state index is 11.7. The topological polar surface area (TPSA) is 102 Å². The third-order valence-electron chi connectivity index (χ3n) is 2.47. The van der Waals surface area contributed by atoms with Crippen LogP contribution in [-0.4, -0.2) is 45.6 Å². The molecule has 0 unspecified atom stereocenters. The lowest BCUT2D eigenvalue weighted by atomic mass is 10.2. The number of anilines is 2. The Morgan fingerprint density at radius 3 is 2.55 bits per heavy atom. The SMILES string of the molecule is COc1ccc(N)c(NC(=O)CN(C)S(C)(=O)=O)c1.Cl. The number of halogens is 1. The van der Waals surface area contributed by atoms with E-state index in [9.17, 15) is 13.2 Å². The molecule has 7 nitrogen and oxygen atoms in total. The van der Waals surface area contributed by atoms with Crippen molar-refractivity contribution in [2.45, 2.75) is 0 Å². The predicted molar refractivity (Wildman–Crippen MR) is 80.8 cm³/mol. The van der Waals surface area contributed by atoms with E-state index in [1.54, 1.807) is 18.2 Å². The Hall–Kier alpha value is -1.51. The zero-order valence-electron chi connectivity index (χ0n) is 11.4. The molecule has 20 heavy (non-hydrogen) atoms. The zero-order chi connectivity index (χ0) is 14.6. The highest BCUT2D eigenvalue weighted by atomic mass is 35.5. The lowest BCUT2D eigenvalue weighted by molar-refractivity contribution is -0.116. The highest BCUT2D eigenvalue weighted by Crippen LogP contribution is 2.24. The molecule has 0 fully saturated rings. The summed E-state index contributed by atoms with van der Waals surface area (Å²) in [6.45, 7) is -0.282. The molecule has 0 atom stereocenters. The maximum Gasteiger partial charge on any atom is 0.239 e. The van der Waals surface area contributed by atoms with E-state index in [2.05, 4.69) is 5.32 Å². The van der Waals surface area contributed by atoms with Gasteiger partial charge in [-0.25, -0.2) is 8.42 Å². The van der Waals surface area contributed by atoms with Gasteiger partial charge in [0, 0.05) is 13.1 Å². The van der Waals surface area contributed by atoms with Crippen LogP contribution in [0.15, 0.2) is 18.2 Å². The number of nitrogens with zero attached hydrogens (tertiary/aromatic N) is 1. The maximum atomic E-state index is 11.7. The summed E-state index contributed by atoms with van der Waals surface area (Å²) in [6.07, 6.45) is 1.03. The lowest BCUT2D eigenvalue weighted by Crippen LogP contribution is -2.34. The van der Waals surface area contributed by atoms with Gasteiger partial charge in [-0.2, -0.15) is 4.31 Å². The van der Waals surface area contributed by atoms with Crippen molar-refractivity contribution in [3.05, 3.63) is 18.2 Å². The van der Waals surface area contributed by atoms with Crippen molar-refractivity contribution in [1.82, 2.24) is 4.31 Å². The Labute approximate surface area is 124 Å². The second-order valence-corrected chi connectivity index (χ2v) is 6.11. The van der Waals surface area contributed by atoms with Gasteiger partial charge < -0.3 is 15.8 Å². The van der Waals surface area contributed by atoms with Crippen molar-refractivity contribution >= 4 is 39.7 Å². The molecular formula is C11H18ClN3O4S. The quantitative estimate of drug-likeness (QED) is 0.770. The molecular weight excluding hydrogens is 306 g/mol. The summed E-state index contributed by atoms with van der Waals surface area (Å²) in [5.41, 5.74) is 6.46. The summed E-state index contributed by atoms with van der Waals surface area (Å²) in [5.74, 6) is 0.0637. The van der Waals surface area contributed by atoms with Gasteiger partial charge in [0.25, 0.3) is 0 Å². The van der Waals surface area contributed by atoms with E-state index in [-0.39, 0.29) is 19.0 Å². The number of ether oxygens (including phenoxy) is 1. The normalized spacial score (nSPS) is 10.8. The third kappa shape index (κ3) is 5.24. The number of methoxy groups -OCH3 is 1. The summed E-state index contributed by atoms with van der Waals surface area (Å²) in [5, 5.41) is 2.54. The Morgan fingerprint density at radius 1 is 1.45 bits per heavy atom. The fourth-order valence-corrected chi connectivity index (χ4v) is 1.63. The van der Waals surface area contributed by atoms with E-state index in [0.717, 1.165) is 10.6 Å². The van der Waals surface area contributed by atoms with Crippen LogP contribution in [-0.2, 0) is 14.8 Å². The molecule has 114 valence electrons. The zero-order valence-corrected chi connectivity index (χ0v) is 13.0.